The number of nitrogens with zero attached hydrogens (tertiary/aromatic N) is 4. The summed E-state index contributed by atoms with van der Waals surface area (Å²) in [5, 5.41) is 67.7. The molecule has 5 aliphatic carbocycles. The van der Waals surface area contributed by atoms with Crippen LogP contribution in [0.5, 0.6) is 5.75 Å². The number of aliphatic hydroxyl groups excluding tert-OH is 1. The minimum absolute atomic E-state index is 0.0359. The van der Waals surface area contributed by atoms with E-state index in [2.05, 4.69) is 54.7 Å². The van der Waals surface area contributed by atoms with Crippen LogP contribution in [0.2, 0.25) is 0 Å². The third kappa shape index (κ3) is 34.8. The van der Waals surface area contributed by atoms with Gasteiger partial charge in [0.2, 0.25) is 0 Å². The summed E-state index contributed by atoms with van der Waals surface area (Å²) in [4.78, 5) is 10.7. The summed E-state index contributed by atoms with van der Waals surface area (Å²) in [6.07, 6.45) is 14.9. The lowest BCUT2D eigenvalue weighted by Crippen LogP contribution is -2.50. The third-order valence-electron chi connectivity index (χ3n) is 8.79. The Morgan fingerprint density at radius 3 is 1.56 bits per heavy atom. The van der Waals surface area contributed by atoms with Crippen molar-refractivity contribution in [3.8, 4) is 5.75 Å². The number of phenolic OH excluding ortho intramolecular Hbond substituents is 1. The maximum atomic E-state index is 10.1. The quantitative estimate of drug-likeness (QED) is 0.104. The molecule has 1 aromatic heterocycles. The number of nitrogens with one attached hydrogen (secondary N) is 4. The molecule has 0 atom stereocenters. The first-order chi connectivity index (χ1) is 26.1. The van der Waals surface area contributed by atoms with Gasteiger partial charge in [-0.3, -0.25) is 10.2 Å². The van der Waals surface area contributed by atoms with E-state index >= 15 is 0 Å². The lowest BCUT2D eigenvalue weighted by molar-refractivity contribution is -0.124. The number of H-pyrrole nitrogens is 1. The zero-order valence-electron chi connectivity index (χ0n) is 33.8. The Bertz CT molecular complexity index is 1050. The molecule has 13 N–H and O–H groups in total. The number of rotatable bonds is 0. The topological polar surface area (TPSA) is 285 Å². The molecule has 5 saturated carbocycles. The minimum atomic E-state index is -0.500. The number of phenols is 1. The van der Waals surface area contributed by atoms with Gasteiger partial charge in [0.1, 0.15) is 5.75 Å². The highest BCUT2D eigenvalue weighted by Crippen LogP contribution is 2.55. The van der Waals surface area contributed by atoms with Crippen LogP contribution in [0.1, 0.15) is 91.4 Å². The maximum absolute atomic E-state index is 10.1. The largest absolute Gasteiger partial charge is 0.508 e. The zero-order chi connectivity index (χ0) is 41.4. The number of likely N-dealkylation sites (N-methyl/N-ethyl adjacent to an activating group) is 1. The Balaban J connectivity index is 0.000000612. The number of carboxylic acid groups (broad SMARTS) is 1. The van der Waals surface area contributed by atoms with E-state index < -0.39 is 5.60 Å². The standard InChI is InChI=1S/C10H16O.C6H12O.C6H6O.C5H12N2.C4H9NO.C4H10O.CH2N4.CH5N3.CH2O2/c11-10-4-7-1-8(5-10)3-9(2-7)6-10;2*7-6-4-2-1-3-5-6;1-7-4-2-6-3-5-7;1-3-6-4-2-5-1;1-4(2,3)5;1-2-4-5-3-1;2-1(3)4;2-1-3/h7-9,11H,1-6H2;6-7H,1-5H2;1-5,7H;6H,2-5H2,1H3;5H,1-4H2;5H,1-3H3;1H,(H,2,3,4,5);(H5,2,3,4);1H,(H,2,3). The first-order valence-corrected chi connectivity index (χ1v) is 19.4. The van der Waals surface area contributed by atoms with E-state index in [4.69, 9.17) is 35.4 Å². The lowest BCUT2D eigenvalue weighted by atomic mass is 9.54. The Morgan fingerprint density at radius 1 is 0.927 bits per heavy atom. The molecule has 2 aromatic rings. The molecule has 7 aliphatic rings. The number of guanidine groups is 1. The normalized spacial score (nSPS) is 24.7. The van der Waals surface area contributed by atoms with Crippen LogP contribution in [0.25, 0.3) is 0 Å². The van der Waals surface area contributed by atoms with Crippen LogP contribution < -0.4 is 22.1 Å². The average Bonchev–Trinajstić information content (AvgIpc) is 3.71. The molecule has 0 amide bonds. The minimum Gasteiger partial charge on any atom is -0.508 e. The Hall–Kier alpha value is -3.45. The molecule has 9 rings (SSSR count). The van der Waals surface area contributed by atoms with Gasteiger partial charge in [-0.05, 0) is 109 Å². The zero-order valence-corrected chi connectivity index (χ0v) is 33.8. The van der Waals surface area contributed by atoms with Gasteiger partial charge in [0.15, 0.2) is 12.3 Å². The molecule has 17 heteroatoms. The second-order valence-electron chi connectivity index (χ2n) is 15.5. The van der Waals surface area contributed by atoms with Gasteiger partial charge in [-0.2, -0.15) is 5.21 Å². The maximum Gasteiger partial charge on any atom is 0.290 e. The summed E-state index contributed by atoms with van der Waals surface area (Å²) in [6, 6.07) is 8.71. The molecule has 1 aromatic carbocycles. The summed E-state index contributed by atoms with van der Waals surface area (Å²) in [5.41, 5.74) is 8.24. The number of nitrogens with two attached hydrogens (primary N) is 2. The van der Waals surface area contributed by atoms with Crippen LogP contribution in [0.3, 0.4) is 0 Å². The molecular formula is C38H74N10O7. The number of morpholine rings is 1. The summed E-state index contributed by atoms with van der Waals surface area (Å²) >= 11 is 0. The molecule has 55 heavy (non-hydrogen) atoms. The second-order valence-corrected chi connectivity index (χ2v) is 15.5. The predicted octanol–water partition coefficient (Wildman–Crippen LogP) is 2.29. The van der Waals surface area contributed by atoms with Crippen LogP contribution in [-0.2, 0) is 9.53 Å². The van der Waals surface area contributed by atoms with E-state index in [9.17, 15) is 5.11 Å². The van der Waals surface area contributed by atoms with E-state index in [1.165, 1.54) is 57.9 Å². The second kappa shape index (κ2) is 31.7. The number of hydrogen-bond acceptors (Lipinski definition) is 13. The Kier molecular flexibility index (Phi) is 29.7. The number of para-hydroxylation sites is 1. The first kappa shape index (κ1) is 51.5. The predicted molar refractivity (Wildman–Crippen MR) is 215 cm³/mol. The van der Waals surface area contributed by atoms with Crippen molar-refractivity contribution in [3.05, 3.63) is 36.7 Å². The highest BCUT2D eigenvalue weighted by atomic mass is 16.5. The molecule has 3 heterocycles. The number of hydrogen-bond donors (Lipinski definition) is 11. The Morgan fingerprint density at radius 2 is 1.36 bits per heavy atom. The van der Waals surface area contributed by atoms with Crippen LogP contribution in [0.15, 0.2) is 36.7 Å². The number of tetrazole rings is 1. The van der Waals surface area contributed by atoms with E-state index in [0.717, 1.165) is 89.3 Å². The lowest BCUT2D eigenvalue weighted by Gasteiger charge is -2.54. The fraction of sp³-hybridized carbons (Fsp3) is 0.763. The van der Waals surface area contributed by atoms with Crippen molar-refractivity contribution in [3.63, 3.8) is 0 Å². The van der Waals surface area contributed by atoms with Crippen LogP contribution in [0, 0.1) is 23.2 Å². The summed E-state index contributed by atoms with van der Waals surface area (Å²) < 4.78 is 5.01. The number of aliphatic hydroxyl groups is 3. The van der Waals surface area contributed by atoms with Crippen molar-refractivity contribution in [1.82, 2.24) is 36.2 Å². The highest BCUT2D eigenvalue weighted by molar-refractivity contribution is 5.71. The molecule has 0 spiro atoms. The van der Waals surface area contributed by atoms with Crippen molar-refractivity contribution in [2.75, 3.05) is 59.5 Å². The van der Waals surface area contributed by atoms with E-state index in [0.29, 0.717) is 5.75 Å². The number of aromatic nitrogens is 4. The number of aromatic hydroxyl groups is 1. The molecule has 318 valence electrons. The van der Waals surface area contributed by atoms with Gasteiger partial charge in [0.05, 0.1) is 30.5 Å². The first-order valence-electron chi connectivity index (χ1n) is 19.4. The smallest absolute Gasteiger partial charge is 0.290 e. The van der Waals surface area contributed by atoms with Crippen molar-refractivity contribution in [2.45, 2.75) is 109 Å². The number of aromatic amines is 1. The molecule has 0 unspecified atom stereocenters. The average molecular weight is 783 g/mol. The van der Waals surface area contributed by atoms with Gasteiger partial charge in [0, 0.05) is 39.3 Å². The number of piperazine rings is 1. The number of carbonyl (C=O) groups is 1. The molecule has 7 fully saturated rings. The number of benzene rings is 1. The van der Waals surface area contributed by atoms with Gasteiger partial charge in [-0.1, -0.05) is 42.7 Å². The van der Waals surface area contributed by atoms with Gasteiger partial charge < -0.3 is 57.3 Å². The Labute approximate surface area is 328 Å². The molecule has 4 bridgehead atoms. The monoisotopic (exact) mass is 783 g/mol. The third-order valence-corrected chi connectivity index (χ3v) is 8.79. The highest BCUT2D eigenvalue weighted by Gasteiger charge is 2.49. The fourth-order valence-corrected chi connectivity index (χ4v) is 7.00. The summed E-state index contributed by atoms with van der Waals surface area (Å²) in [5.74, 6) is 2.67. The molecule has 2 saturated heterocycles. The van der Waals surface area contributed by atoms with Crippen molar-refractivity contribution in [2.24, 2.45) is 29.2 Å². The molecule has 0 radical (unpaired) electrons. The SMILES string of the molecule is C1COCCN1.CC(C)(C)O.CN1CCNCC1.N=C(N)N.O=CO.OC12CC3CC(CC(C3)C1)C2.OC1CCCCC1.Oc1ccccc1.c1nn[nH]n1. The van der Waals surface area contributed by atoms with Crippen molar-refractivity contribution >= 4 is 12.4 Å². The van der Waals surface area contributed by atoms with Gasteiger partial charge >= 0.3 is 0 Å². The van der Waals surface area contributed by atoms with Gasteiger partial charge in [0.25, 0.3) is 6.47 Å². The number of ether oxygens (including phenoxy) is 1. The fourth-order valence-electron chi connectivity index (χ4n) is 7.00. The van der Waals surface area contributed by atoms with E-state index in [-0.39, 0.29) is 24.1 Å². The summed E-state index contributed by atoms with van der Waals surface area (Å²) in [7, 11) is 2.15. The molecular weight excluding hydrogens is 708 g/mol. The van der Waals surface area contributed by atoms with Crippen LogP contribution in [-0.4, -0.2) is 140 Å². The molecule has 17 nitrogen and oxygen atoms in total. The summed E-state index contributed by atoms with van der Waals surface area (Å²) in [6.45, 7) is 13.6. The van der Waals surface area contributed by atoms with Gasteiger partial charge in [-0.25, -0.2) is 0 Å². The van der Waals surface area contributed by atoms with Crippen LogP contribution >= 0.6 is 0 Å². The van der Waals surface area contributed by atoms with E-state index in [1.54, 1.807) is 45.0 Å². The van der Waals surface area contributed by atoms with E-state index in [1.807, 2.05) is 6.07 Å². The van der Waals surface area contributed by atoms with Crippen LogP contribution in [0.4, 0.5) is 0 Å². The van der Waals surface area contributed by atoms with Gasteiger partial charge in [-0.15, -0.1) is 10.2 Å². The molecule has 2 aliphatic heterocycles. The van der Waals surface area contributed by atoms with Crippen molar-refractivity contribution in [1.29, 1.82) is 5.41 Å². The van der Waals surface area contributed by atoms with Crippen molar-refractivity contribution < 1.29 is 35.1 Å².